The van der Waals surface area contributed by atoms with Crippen molar-refractivity contribution in [3.8, 4) is 5.75 Å². The van der Waals surface area contributed by atoms with E-state index in [0.29, 0.717) is 6.07 Å². The van der Waals surface area contributed by atoms with E-state index in [1.165, 1.54) is 20.8 Å². The molecule has 1 aromatic rings. The average molecular weight is 473 g/mol. The van der Waals surface area contributed by atoms with Crippen molar-refractivity contribution in [2.24, 2.45) is 5.73 Å². The molecule has 0 spiro atoms. The molecule has 0 saturated heterocycles. The summed E-state index contributed by atoms with van der Waals surface area (Å²) in [6.07, 6.45) is -5.07. The highest BCUT2D eigenvalue weighted by atomic mass is 79.9. The van der Waals surface area contributed by atoms with Crippen LogP contribution in [0.1, 0.15) is 26.3 Å². The van der Waals surface area contributed by atoms with Crippen LogP contribution in [0, 0.1) is 10.1 Å². The number of benzene rings is 1. The van der Waals surface area contributed by atoms with E-state index in [-0.39, 0.29) is 4.47 Å². The summed E-state index contributed by atoms with van der Waals surface area (Å²) in [5.41, 5.74) is -1.21. The number of hydrogen-bond acceptors (Lipinski definition) is 7. The van der Waals surface area contributed by atoms with Crippen LogP contribution in [-0.2, 0) is 20.5 Å². The summed E-state index contributed by atoms with van der Waals surface area (Å²) in [5, 5.41) is 20.4. The van der Waals surface area contributed by atoms with Gasteiger partial charge in [-0.2, -0.15) is 13.2 Å². The zero-order chi connectivity index (χ0) is 22.1. The summed E-state index contributed by atoms with van der Waals surface area (Å²) in [4.78, 5) is 33.6. The van der Waals surface area contributed by atoms with Gasteiger partial charge in [0.15, 0.2) is 0 Å². The summed E-state index contributed by atoms with van der Waals surface area (Å²) in [6, 6.07) is 1.24. The number of nitro groups is 1. The molecule has 28 heavy (non-hydrogen) atoms. The van der Waals surface area contributed by atoms with Crippen LogP contribution in [0.2, 0.25) is 0 Å². The van der Waals surface area contributed by atoms with Gasteiger partial charge in [-0.25, -0.2) is 9.59 Å². The van der Waals surface area contributed by atoms with Crippen LogP contribution < -0.4 is 10.5 Å². The Kier molecular flexibility index (Phi) is 6.68. The van der Waals surface area contributed by atoms with Crippen molar-refractivity contribution in [1.29, 1.82) is 0 Å². The molecule has 0 aliphatic heterocycles. The fourth-order valence-corrected chi connectivity index (χ4v) is 2.29. The number of nitro benzene ring substituents is 1. The number of ether oxygens (including phenoxy) is 2. The van der Waals surface area contributed by atoms with Gasteiger partial charge in [-0.05, 0) is 26.8 Å². The molecule has 13 heteroatoms. The molecule has 3 N–H and O–H groups in total. The summed E-state index contributed by atoms with van der Waals surface area (Å²) in [7, 11) is 0. The molecule has 0 radical (unpaired) electrons. The molecule has 0 fully saturated rings. The van der Waals surface area contributed by atoms with Crippen LogP contribution in [-0.4, -0.2) is 39.7 Å². The number of carbonyl (C=O) groups is 2. The molecule has 0 saturated carbocycles. The number of hydrogen-bond donors (Lipinski definition) is 2. The van der Waals surface area contributed by atoms with Crippen LogP contribution in [0.15, 0.2) is 16.6 Å². The van der Waals surface area contributed by atoms with Gasteiger partial charge in [-0.3, -0.25) is 10.1 Å². The van der Waals surface area contributed by atoms with E-state index in [1.54, 1.807) is 0 Å². The molecule has 0 heterocycles. The largest absolute Gasteiger partial charge is 0.483 e. The van der Waals surface area contributed by atoms with E-state index in [9.17, 15) is 38.0 Å². The molecule has 0 aliphatic carbocycles. The maximum absolute atomic E-state index is 13.3. The van der Waals surface area contributed by atoms with Crippen molar-refractivity contribution in [1.82, 2.24) is 0 Å². The molecular formula is C15H16BrF3N2O7. The van der Waals surface area contributed by atoms with E-state index in [0.717, 1.165) is 6.07 Å². The molecule has 1 aromatic carbocycles. The van der Waals surface area contributed by atoms with Crippen LogP contribution >= 0.6 is 15.9 Å². The maximum atomic E-state index is 13.3. The van der Waals surface area contributed by atoms with Gasteiger partial charge < -0.3 is 20.3 Å². The van der Waals surface area contributed by atoms with Gasteiger partial charge in [-0.15, -0.1) is 0 Å². The lowest BCUT2D eigenvalue weighted by Crippen LogP contribution is -2.61. The molecule has 156 valence electrons. The molecule has 0 aliphatic rings. The van der Waals surface area contributed by atoms with Crippen molar-refractivity contribution in [3.05, 3.63) is 32.3 Å². The van der Waals surface area contributed by atoms with Crippen molar-refractivity contribution in [2.45, 2.75) is 38.1 Å². The van der Waals surface area contributed by atoms with Crippen molar-refractivity contribution < 1.29 is 42.3 Å². The van der Waals surface area contributed by atoms with Crippen LogP contribution in [0.25, 0.3) is 0 Å². The van der Waals surface area contributed by atoms with E-state index < -0.39 is 57.8 Å². The fourth-order valence-electron chi connectivity index (χ4n) is 1.84. The first-order valence-electron chi connectivity index (χ1n) is 7.42. The van der Waals surface area contributed by atoms with Gasteiger partial charge in [0.2, 0.25) is 11.3 Å². The minimum atomic E-state index is -5.07. The second-order valence-electron chi connectivity index (χ2n) is 6.62. The van der Waals surface area contributed by atoms with Gasteiger partial charge in [-0.1, -0.05) is 15.9 Å². The molecule has 1 unspecified atom stereocenters. The quantitative estimate of drug-likeness (QED) is 0.278. The van der Waals surface area contributed by atoms with Crippen molar-refractivity contribution >= 4 is 33.6 Å². The highest BCUT2D eigenvalue weighted by molar-refractivity contribution is 9.10. The lowest BCUT2D eigenvalue weighted by molar-refractivity contribution is -0.386. The monoisotopic (exact) mass is 472 g/mol. The molecule has 1 rings (SSSR count). The first kappa shape index (κ1) is 23.6. The molecule has 1 atom stereocenters. The van der Waals surface area contributed by atoms with Gasteiger partial charge in [0, 0.05) is 10.5 Å². The predicted molar refractivity (Wildman–Crippen MR) is 91.7 cm³/mol. The summed E-state index contributed by atoms with van der Waals surface area (Å²) in [5.74, 6) is -4.71. The lowest BCUT2D eigenvalue weighted by atomic mass is 10.0. The summed E-state index contributed by atoms with van der Waals surface area (Å²) in [6.45, 7) is 2.89. The number of nitrogens with two attached hydrogens (primary N) is 1. The van der Waals surface area contributed by atoms with E-state index in [2.05, 4.69) is 15.9 Å². The Morgan fingerprint density at radius 2 is 1.82 bits per heavy atom. The molecule has 0 aromatic heterocycles. The van der Waals surface area contributed by atoms with Crippen LogP contribution in [0.4, 0.5) is 18.9 Å². The zero-order valence-electron chi connectivity index (χ0n) is 14.8. The Bertz CT molecular complexity index is 808. The van der Waals surface area contributed by atoms with E-state index in [1.807, 2.05) is 0 Å². The number of halogens is 4. The van der Waals surface area contributed by atoms with Gasteiger partial charge >= 0.3 is 23.8 Å². The van der Waals surface area contributed by atoms with Crippen molar-refractivity contribution in [3.63, 3.8) is 0 Å². The number of aliphatic carboxylic acids is 1. The van der Waals surface area contributed by atoms with E-state index >= 15 is 0 Å². The second kappa shape index (κ2) is 7.91. The Balaban J connectivity index is 3.41. The number of rotatable bonds is 6. The van der Waals surface area contributed by atoms with Gasteiger partial charge in [0.05, 0.1) is 4.92 Å². The van der Waals surface area contributed by atoms with Crippen molar-refractivity contribution in [2.75, 3.05) is 6.61 Å². The number of alkyl halides is 3. The zero-order valence-corrected chi connectivity index (χ0v) is 16.4. The predicted octanol–water partition coefficient (Wildman–Crippen LogP) is 2.88. The number of carboxylic acids is 1. The maximum Gasteiger partial charge on any atom is 0.420 e. The second-order valence-corrected chi connectivity index (χ2v) is 7.54. The molecular weight excluding hydrogens is 457 g/mol. The Morgan fingerprint density at radius 1 is 1.29 bits per heavy atom. The first-order valence-corrected chi connectivity index (χ1v) is 8.22. The average Bonchev–Trinajstić information content (AvgIpc) is 2.49. The standard InChI is InChI=1S/C15H16BrF3N2O7/c1-13(2,3)28-12(24)14(20,11(22)23)6-27-10-8(15(17,18)19)4-7(16)5-9(10)21(25)26/h4-5H,6,20H2,1-3H3,(H,22,23). The normalized spacial score (nSPS) is 14.1. The minimum absolute atomic E-state index is 0.261. The van der Waals surface area contributed by atoms with Crippen LogP contribution in [0.3, 0.4) is 0 Å². The minimum Gasteiger partial charge on any atom is -0.483 e. The Hall–Kier alpha value is -2.41. The number of carbonyl (C=O) groups excluding carboxylic acids is 1. The van der Waals surface area contributed by atoms with Gasteiger partial charge in [0.1, 0.15) is 17.8 Å². The Labute approximate surface area is 164 Å². The van der Waals surface area contributed by atoms with Gasteiger partial charge in [0.25, 0.3) is 0 Å². The summed E-state index contributed by atoms with van der Waals surface area (Å²) >= 11 is 2.73. The third kappa shape index (κ3) is 5.55. The third-order valence-corrected chi connectivity index (χ3v) is 3.58. The highest BCUT2D eigenvalue weighted by Crippen LogP contribution is 2.43. The molecule has 0 bridgehead atoms. The highest BCUT2D eigenvalue weighted by Gasteiger charge is 2.48. The smallest absolute Gasteiger partial charge is 0.420 e. The fraction of sp³-hybridized carbons (Fsp3) is 0.467. The number of nitrogens with zero attached hydrogens (tertiary/aromatic N) is 1. The number of esters is 1. The first-order chi connectivity index (χ1) is 12.5. The third-order valence-electron chi connectivity index (χ3n) is 3.13. The van der Waals surface area contributed by atoms with E-state index in [4.69, 9.17) is 15.2 Å². The lowest BCUT2D eigenvalue weighted by Gasteiger charge is -2.28. The molecule has 9 nitrogen and oxygen atoms in total. The Morgan fingerprint density at radius 3 is 2.21 bits per heavy atom. The van der Waals surface area contributed by atoms with Crippen LogP contribution in [0.5, 0.6) is 5.75 Å². The summed E-state index contributed by atoms with van der Waals surface area (Å²) < 4.78 is 49.2. The topological polar surface area (TPSA) is 142 Å². The molecule has 0 amide bonds. The number of carboxylic acid groups (broad SMARTS) is 1. The SMILES string of the molecule is CC(C)(C)OC(=O)C(N)(COc1c([N+](=O)[O-])cc(Br)cc1C(F)(F)F)C(=O)O.